The summed E-state index contributed by atoms with van der Waals surface area (Å²) in [5.41, 5.74) is 1.11. The topological polar surface area (TPSA) is 55.4 Å². The summed E-state index contributed by atoms with van der Waals surface area (Å²) in [6.07, 6.45) is 1.84. The number of hydrogen-bond donors (Lipinski definition) is 1. The third-order valence-electron chi connectivity index (χ3n) is 2.80. The van der Waals surface area contributed by atoms with Gasteiger partial charge in [0, 0.05) is 17.5 Å². The molecule has 0 fully saturated rings. The average Bonchev–Trinajstić information content (AvgIpc) is 2.47. The Kier molecular flexibility index (Phi) is 7.09. The fourth-order valence-corrected chi connectivity index (χ4v) is 1.56. The molecule has 5 heteroatoms. The van der Waals surface area contributed by atoms with Gasteiger partial charge in [-0.15, -0.1) is 11.6 Å². The van der Waals surface area contributed by atoms with E-state index in [1.54, 1.807) is 31.2 Å². The largest absolute Gasteiger partial charge is 0.462 e. The molecule has 1 unspecified atom stereocenters. The Balaban J connectivity index is 2.55. The van der Waals surface area contributed by atoms with E-state index in [0.717, 1.165) is 12.8 Å². The van der Waals surface area contributed by atoms with Gasteiger partial charge in [0.15, 0.2) is 0 Å². The van der Waals surface area contributed by atoms with Crippen molar-refractivity contribution in [2.45, 2.75) is 26.7 Å². The van der Waals surface area contributed by atoms with E-state index in [4.69, 9.17) is 16.3 Å². The first-order valence-corrected chi connectivity index (χ1v) is 7.26. The van der Waals surface area contributed by atoms with Crippen molar-refractivity contribution in [1.29, 1.82) is 0 Å². The molecule has 4 nitrogen and oxygen atoms in total. The quantitative estimate of drug-likeness (QED) is 0.476. The molecule has 110 valence electrons. The fourth-order valence-electron chi connectivity index (χ4n) is 1.42. The molecule has 0 saturated heterocycles. The number of benzene rings is 1. The highest BCUT2D eigenvalue weighted by atomic mass is 35.5. The normalized spacial score (nSPS) is 11.8. The molecule has 0 spiro atoms. The summed E-state index contributed by atoms with van der Waals surface area (Å²) < 4.78 is 5.10. The highest BCUT2D eigenvalue weighted by Gasteiger charge is 2.12. The molecule has 0 aliphatic rings. The molecule has 1 rings (SSSR count). The molecule has 1 N–H and O–H groups in total. The van der Waals surface area contributed by atoms with Crippen molar-refractivity contribution in [2.24, 2.45) is 5.92 Å². The number of carbonyl (C=O) groups excluding carboxylic acids is 2. The second kappa shape index (κ2) is 8.59. The van der Waals surface area contributed by atoms with Gasteiger partial charge in [0.1, 0.15) is 0 Å². The van der Waals surface area contributed by atoms with Crippen LogP contribution in [0, 0.1) is 5.92 Å². The third kappa shape index (κ3) is 5.21. The van der Waals surface area contributed by atoms with Gasteiger partial charge in [0.2, 0.25) is 5.91 Å². The smallest absolute Gasteiger partial charge is 0.338 e. The van der Waals surface area contributed by atoms with Gasteiger partial charge in [-0.3, -0.25) is 4.79 Å². The standard InChI is InChI=1S/C15H20ClNO3/c1-3-4-9-20-15(19)12-5-7-13(8-6-12)17-14(18)11(2)10-16/h5-8,11H,3-4,9-10H2,1-2H3,(H,17,18). The molecule has 0 aliphatic carbocycles. The van der Waals surface area contributed by atoms with Gasteiger partial charge in [-0.1, -0.05) is 20.3 Å². The summed E-state index contributed by atoms with van der Waals surface area (Å²) in [5, 5.41) is 2.74. The summed E-state index contributed by atoms with van der Waals surface area (Å²) in [4.78, 5) is 23.3. The zero-order valence-electron chi connectivity index (χ0n) is 11.8. The number of amides is 1. The molecular weight excluding hydrogens is 278 g/mol. The molecular formula is C15H20ClNO3. The molecule has 1 aromatic carbocycles. The number of halogens is 1. The Labute approximate surface area is 124 Å². The van der Waals surface area contributed by atoms with Crippen molar-refractivity contribution >= 4 is 29.2 Å². The van der Waals surface area contributed by atoms with Gasteiger partial charge in [-0.25, -0.2) is 4.79 Å². The molecule has 1 atom stereocenters. The molecule has 0 aliphatic heterocycles. The Morgan fingerprint density at radius 1 is 1.30 bits per heavy atom. The molecule has 20 heavy (non-hydrogen) atoms. The van der Waals surface area contributed by atoms with Crippen molar-refractivity contribution < 1.29 is 14.3 Å². The molecule has 0 aromatic heterocycles. The molecule has 0 bridgehead atoms. The van der Waals surface area contributed by atoms with Gasteiger partial charge in [0.25, 0.3) is 0 Å². The van der Waals surface area contributed by atoms with Gasteiger partial charge in [-0.2, -0.15) is 0 Å². The van der Waals surface area contributed by atoms with Crippen LogP contribution >= 0.6 is 11.6 Å². The van der Waals surface area contributed by atoms with Crippen molar-refractivity contribution in [1.82, 2.24) is 0 Å². The average molecular weight is 298 g/mol. The number of nitrogens with one attached hydrogen (secondary N) is 1. The molecule has 0 heterocycles. The number of rotatable bonds is 7. The van der Waals surface area contributed by atoms with E-state index in [1.807, 2.05) is 6.92 Å². The van der Waals surface area contributed by atoms with Crippen LogP contribution < -0.4 is 5.32 Å². The minimum absolute atomic E-state index is 0.140. The Morgan fingerprint density at radius 2 is 1.95 bits per heavy atom. The zero-order chi connectivity index (χ0) is 15.0. The Hall–Kier alpha value is -1.55. The highest BCUT2D eigenvalue weighted by Crippen LogP contribution is 2.12. The van der Waals surface area contributed by atoms with Crippen LogP contribution in [0.25, 0.3) is 0 Å². The van der Waals surface area contributed by atoms with Crippen LogP contribution in [0.15, 0.2) is 24.3 Å². The number of ether oxygens (including phenoxy) is 1. The van der Waals surface area contributed by atoms with Crippen molar-refractivity contribution in [3.8, 4) is 0 Å². The van der Waals surface area contributed by atoms with E-state index < -0.39 is 0 Å². The maximum Gasteiger partial charge on any atom is 0.338 e. The van der Waals surface area contributed by atoms with Crippen molar-refractivity contribution in [3.05, 3.63) is 29.8 Å². The first-order valence-electron chi connectivity index (χ1n) is 6.72. The maximum absolute atomic E-state index is 11.7. The SMILES string of the molecule is CCCCOC(=O)c1ccc(NC(=O)C(C)CCl)cc1. The number of anilines is 1. The Morgan fingerprint density at radius 3 is 2.50 bits per heavy atom. The Bertz CT molecular complexity index is 445. The lowest BCUT2D eigenvalue weighted by atomic mass is 10.1. The third-order valence-corrected chi connectivity index (χ3v) is 3.26. The van der Waals surface area contributed by atoms with Gasteiger partial charge < -0.3 is 10.1 Å². The lowest BCUT2D eigenvalue weighted by Gasteiger charge is -2.09. The second-order valence-electron chi connectivity index (χ2n) is 4.61. The fraction of sp³-hybridized carbons (Fsp3) is 0.467. The summed E-state index contributed by atoms with van der Waals surface area (Å²) in [7, 11) is 0. The van der Waals surface area contributed by atoms with E-state index in [1.165, 1.54) is 0 Å². The van der Waals surface area contributed by atoms with Crippen LogP contribution in [0.1, 0.15) is 37.0 Å². The minimum atomic E-state index is -0.342. The predicted octanol–water partition coefficient (Wildman–Crippen LogP) is 3.46. The summed E-state index contributed by atoms with van der Waals surface area (Å²) in [6, 6.07) is 6.62. The first kappa shape index (κ1) is 16.5. The van der Waals surface area contributed by atoms with Crippen molar-refractivity contribution in [2.75, 3.05) is 17.8 Å². The van der Waals surface area contributed by atoms with Gasteiger partial charge >= 0.3 is 5.97 Å². The van der Waals surface area contributed by atoms with Crippen LogP contribution in [0.5, 0.6) is 0 Å². The van der Waals surface area contributed by atoms with E-state index in [2.05, 4.69) is 5.32 Å². The number of carbonyl (C=O) groups is 2. The number of unbranched alkanes of at least 4 members (excludes halogenated alkanes) is 1. The highest BCUT2D eigenvalue weighted by molar-refractivity contribution is 6.19. The number of alkyl halides is 1. The molecule has 0 saturated carbocycles. The van der Waals surface area contributed by atoms with E-state index in [-0.39, 0.29) is 23.7 Å². The minimum Gasteiger partial charge on any atom is -0.462 e. The summed E-state index contributed by atoms with van der Waals surface area (Å²) in [6.45, 7) is 4.22. The maximum atomic E-state index is 11.7. The zero-order valence-corrected chi connectivity index (χ0v) is 12.6. The first-order chi connectivity index (χ1) is 9.58. The molecule has 1 aromatic rings. The number of hydrogen-bond acceptors (Lipinski definition) is 3. The van der Waals surface area contributed by atoms with Crippen LogP contribution in [-0.4, -0.2) is 24.4 Å². The van der Waals surface area contributed by atoms with Crippen LogP contribution in [0.2, 0.25) is 0 Å². The van der Waals surface area contributed by atoms with E-state index >= 15 is 0 Å². The van der Waals surface area contributed by atoms with E-state index in [9.17, 15) is 9.59 Å². The summed E-state index contributed by atoms with van der Waals surface area (Å²) >= 11 is 5.62. The lowest BCUT2D eigenvalue weighted by Crippen LogP contribution is -2.21. The predicted molar refractivity (Wildman–Crippen MR) is 80.1 cm³/mol. The van der Waals surface area contributed by atoms with Gasteiger partial charge in [0.05, 0.1) is 12.2 Å². The molecule has 0 radical (unpaired) electrons. The van der Waals surface area contributed by atoms with Crippen LogP contribution in [0.4, 0.5) is 5.69 Å². The number of esters is 1. The van der Waals surface area contributed by atoms with Crippen LogP contribution in [-0.2, 0) is 9.53 Å². The monoisotopic (exact) mass is 297 g/mol. The second-order valence-corrected chi connectivity index (χ2v) is 4.92. The summed E-state index contributed by atoms with van der Waals surface area (Å²) in [5.74, 6) is -0.465. The van der Waals surface area contributed by atoms with E-state index in [0.29, 0.717) is 17.9 Å². The molecule has 1 amide bonds. The van der Waals surface area contributed by atoms with Crippen molar-refractivity contribution in [3.63, 3.8) is 0 Å². The van der Waals surface area contributed by atoms with Gasteiger partial charge in [-0.05, 0) is 30.7 Å². The van der Waals surface area contributed by atoms with Crippen LogP contribution in [0.3, 0.4) is 0 Å². The lowest BCUT2D eigenvalue weighted by molar-refractivity contribution is -0.118.